The van der Waals surface area contributed by atoms with Gasteiger partial charge in [-0.1, -0.05) is 26.0 Å². The SMILES string of the molecule is CC(C)C[C@@H]1CCO[C@@H]2[C@H](CN[C@@H]2C(=O)N[C@@H]2C/C=C/[C@H](CN3CCOCC3)CSC3OC2C(O)C(O)C3O)C1. The molecule has 0 aromatic heterocycles. The van der Waals surface area contributed by atoms with Gasteiger partial charge in [0.1, 0.15) is 35.9 Å². The third kappa shape index (κ3) is 7.41. The van der Waals surface area contributed by atoms with Crippen molar-refractivity contribution in [2.45, 2.75) is 87.6 Å². The highest BCUT2D eigenvalue weighted by Gasteiger charge is 2.49. The van der Waals surface area contributed by atoms with Gasteiger partial charge in [-0.3, -0.25) is 9.69 Å². The second-order valence-corrected chi connectivity index (χ2v) is 13.9. The van der Waals surface area contributed by atoms with E-state index >= 15 is 0 Å². The summed E-state index contributed by atoms with van der Waals surface area (Å²) >= 11 is 1.46. The Bertz CT molecular complexity index is 859. The van der Waals surface area contributed by atoms with E-state index in [-0.39, 0.29) is 17.9 Å². The first kappa shape index (κ1) is 30.7. The summed E-state index contributed by atoms with van der Waals surface area (Å²) in [5, 5.41) is 38.9. The van der Waals surface area contributed by atoms with Gasteiger partial charge in [-0.05, 0) is 49.4 Å². The van der Waals surface area contributed by atoms with Gasteiger partial charge in [-0.15, -0.1) is 11.8 Å². The van der Waals surface area contributed by atoms with Crippen molar-refractivity contribution in [3.05, 3.63) is 12.2 Å². The maximum absolute atomic E-state index is 13.7. The summed E-state index contributed by atoms with van der Waals surface area (Å²) in [7, 11) is 0. The molecule has 5 unspecified atom stereocenters. The van der Waals surface area contributed by atoms with Crippen molar-refractivity contribution in [1.29, 1.82) is 0 Å². The van der Waals surface area contributed by atoms with Gasteiger partial charge in [-0.2, -0.15) is 0 Å². The van der Waals surface area contributed by atoms with Gasteiger partial charge >= 0.3 is 0 Å². The highest BCUT2D eigenvalue weighted by atomic mass is 32.2. The van der Waals surface area contributed by atoms with Crippen LogP contribution in [0, 0.1) is 23.7 Å². The first-order valence-corrected chi connectivity index (χ1v) is 16.3. The average molecular weight is 584 g/mol. The van der Waals surface area contributed by atoms with E-state index in [0.717, 1.165) is 52.2 Å². The number of morpholine rings is 1. The van der Waals surface area contributed by atoms with Crippen LogP contribution in [-0.2, 0) is 19.0 Å². The minimum absolute atomic E-state index is 0.171. The van der Waals surface area contributed by atoms with Crippen LogP contribution in [0.1, 0.15) is 39.5 Å². The summed E-state index contributed by atoms with van der Waals surface area (Å²) in [5.74, 6) is 2.30. The molecule has 4 saturated heterocycles. The zero-order valence-electron chi connectivity index (χ0n) is 23.9. The lowest BCUT2D eigenvalue weighted by molar-refractivity contribution is -0.205. The molecule has 40 heavy (non-hydrogen) atoms. The number of thioether (sulfide) groups is 1. The molecule has 11 heteroatoms. The molecule has 0 spiro atoms. The molecule has 10 nitrogen and oxygen atoms in total. The molecule has 4 fully saturated rings. The Kier molecular flexibility index (Phi) is 10.8. The topological polar surface area (TPSA) is 133 Å². The Morgan fingerprint density at radius 2 is 1.93 bits per heavy atom. The minimum Gasteiger partial charge on any atom is -0.388 e. The van der Waals surface area contributed by atoms with E-state index in [1.165, 1.54) is 18.2 Å². The Labute approximate surface area is 242 Å². The second kappa shape index (κ2) is 14.1. The van der Waals surface area contributed by atoms with Gasteiger partial charge in [0.05, 0.1) is 25.4 Å². The van der Waals surface area contributed by atoms with Crippen LogP contribution in [0.4, 0.5) is 0 Å². The van der Waals surface area contributed by atoms with Crippen molar-refractivity contribution in [2.75, 3.05) is 51.8 Å². The van der Waals surface area contributed by atoms with Crippen LogP contribution in [0.25, 0.3) is 0 Å². The molecule has 2 bridgehead atoms. The summed E-state index contributed by atoms with van der Waals surface area (Å²) in [6.45, 7) is 10.0. The molecule has 5 heterocycles. The van der Waals surface area contributed by atoms with E-state index in [9.17, 15) is 20.1 Å². The number of fused-ring (bicyclic) bond motifs is 3. The largest absolute Gasteiger partial charge is 0.388 e. The lowest BCUT2D eigenvalue weighted by atomic mass is 9.85. The van der Waals surface area contributed by atoms with E-state index in [1.54, 1.807) is 0 Å². The molecule has 11 atom stereocenters. The minimum atomic E-state index is -1.35. The van der Waals surface area contributed by atoms with Crippen molar-refractivity contribution < 1.29 is 34.3 Å². The summed E-state index contributed by atoms with van der Waals surface area (Å²) < 4.78 is 18.0. The van der Waals surface area contributed by atoms with Crippen LogP contribution in [0.5, 0.6) is 0 Å². The van der Waals surface area contributed by atoms with Gasteiger partial charge in [0.15, 0.2) is 0 Å². The fraction of sp³-hybridized carbons (Fsp3) is 0.897. The lowest BCUT2D eigenvalue weighted by Crippen LogP contribution is -2.64. The van der Waals surface area contributed by atoms with Crippen LogP contribution < -0.4 is 10.6 Å². The van der Waals surface area contributed by atoms with Gasteiger partial charge in [-0.25, -0.2) is 0 Å². The number of amides is 1. The summed E-state index contributed by atoms with van der Waals surface area (Å²) in [6, 6.07) is -1.04. The quantitative estimate of drug-likeness (QED) is 0.279. The number of hydrogen-bond donors (Lipinski definition) is 5. The number of carbonyl (C=O) groups is 1. The Balaban J connectivity index is 1.28. The molecule has 0 aromatic carbocycles. The molecule has 0 aromatic rings. The fourth-order valence-corrected chi connectivity index (χ4v) is 8.30. The molecule has 5 aliphatic rings. The van der Waals surface area contributed by atoms with E-state index in [4.69, 9.17) is 14.2 Å². The number of ether oxygens (including phenoxy) is 3. The summed E-state index contributed by atoms with van der Waals surface area (Å²) in [4.78, 5) is 16.1. The van der Waals surface area contributed by atoms with Crippen molar-refractivity contribution in [1.82, 2.24) is 15.5 Å². The normalized spacial score (nSPS) is 44.0. The van der Waals surface area contributed by atoms with E-state index in [2.05, 4.69) is 41.5 Å². The molecule has 0 aliphatic carbocycles. The molecule has 5 aliphatic heterocycles. The van der Waals surface area contributed by atoms with E-state index in [1.807, 2.05) is 0 Å². The van der Waals surface area contributed by atoms with Crippen LogP contribution in [0.3, 0.4) is 0 Å². The fourth-order valence-electron chi connectivity index (χ4n) is 7.08. The monoisotopic (exact) mass is 583 g/mol. The summed E-state index contributed by atoms with van der Waals surface area (Å²) in [5.41, 5.74) is -0.696. The lowest BCUT2D eigenvalue weighted by Gasteiger charge is -2.44. The molecule has 1 amide bonds. The number of aliphatic hydroxyl groups is 3. The third-order valence-corrected chi connectivity index (χ3v) is 10.5. The second-order valence-electron chi connectivity index (χ2n) is 12.7. The number of carbonyl (C=O) groups excluding carboxylic acids is 1. The van der Waals surface area contributed by atoms with Crippen LogP contribution in [0.15, 0.2) is 12.2 Å². The summed E-state index contributed by atoms with van der Waals surface area (Å²) in [6.07, 6.45) is 3.05. The first-order chi connectivity index (χ1) is 19.3. The van der Waals surface area contributed by atoms with Crippen molar-refractivity contribution in [3.8, 4) is 0 Å². The van der Waals surface area contributed by atoms with Gasteiger partial charge in [0.25, 0.3) is 0 Å². The molecular formula is C29H49N3O7S. The zero-order chi connectivity index (χ0) is 28.2. The maximum atomic E-state index is 13.7. The average Bonchev–Trinajstić information content (AvgIpc) is 3.22. The molecule has 5 rings (SSSR count). The van der Waals surface area contributed by atoms with Gasteiger partial charge in [0, 0.05) is 38.5 Å². The first-order valence-electron chi connectivity index (χ1n) is 15.2. The van der Waals surface area contributed by atoms with Crippen molar-refractivity contribution >= 4 is 17.7 Å². The van der Waals surface area contributed by atoms with E-state index in [0.29, 0.717) is 36.5 Å². The number of rotatable bonds is 6. The maximum Gasteiger partial charge on any atom is 0.240 e. The molecule has 0 radical (unpaired) electrons. The molecule has 0 saturated carbocycles. The molecule has 5 N–H and O–H groups in total. The number of aliphatic hydroxyl groups excluding tert-OH is 3. The third-order valence-electron chi connectivity index (χ3n) is 9.15. The zero-order valence-corrected chi connectivity index (χ0v) is 24.7. The Morgan fingerprint density at radius 3 is 2.70 bits per heavy atom. The smallest absolute Gasteiger partial charge is 0.240 e. The number of hydrogen-bond acceptors (Lipinski definition) is 10. The van der Waals surface area contributed by atoms with Gasteiger partial charge in [0.2, 0.25) is 5.91 Å². The molecular weight excluding hydrogens is 534 g/mol. The van der Waals surface area contributed by atoms with Crippen LogP contribution >= 0.6 is 11.8 Å². The molecule has 228 valence electrons. The van der Waals surface area contributed by atoms with Crippen LogP contribution in [0.2, 0.25) is 0 Å². The standard InChI is InChI=1S/C29H49N3O7S/c1-17(2)12-18-6-9-38-26-20(13-18)14-30-22(26)28(36)31-21-5-3-4-19(15-32-7-10-37-11-8-32)16-40-29-25(35)23(33)24(34)27(21)39-29/h3-4,17-27,29-30,33-35H,5-16H2,1-2H3,(H,31,36)/b4-3+/t18-,19+,20-,21+,22-,23?,24?,25?,26+,27?,29?/m0/s1. The predicted molar refractivity (Wildman–Crippen MR) is 153 cm³/mol. The van der Waals surface area contributed by atoms with E-state index < -0.39 is 41.9 Å². The number of nitrogens with one attached hydrogen (secondary N) is 2. The van der Waals surface area contributed by atoms with Gasteiger partial charge < -0.3 is 40.2 Å². The Hall–Kier alpha value is -0.760. The predicted octanol–water partition coefficient (Wildman–Crippen LogP) is 0.350. The highest BCUT2D eigenvalue weighted by molar-refractivity contribution is 7.99. The van der Waals surface area contributed by atoms with Crippen molar-refractivity contribution in [3.63, 3.8) is 0 Å². The Morgan fingerprint density at radius 1 is 1.12 bits per heavy atom. The van der Waals surface area contributed by atoms with Crippen molar-refractivity contribution in [2.24, 2.45) is 23.7 Å². The number of nitrogens with zero attached hydrogens (tertiary/aromatic N) is 1. The van der Waals surface area contributed by atoms with Crippen LogP contribution in [-0.4, -0.2) is 126 Å². The highest BCUT2D eigenvalue weighted by Crippen LogP contribution is 2.35.